The van der Waals surface area contributed by atoms with Gasteiger partial charge in [0.15, 0.2) is 0 Å². The molecule has 84 valence electrons. The highest BCUT2D eigenvalue weighted by Gasteiger charge is 2.28. The van der Waals surface area contributed by atoms with Crippen LogP contribution < -0.4 is 5.73 Å². The van der Waals surface area contributed by atoms with Crippen LogP contribution in [0.25, 0.3) is 0 Å². The number of nitrogens with zero attached hydrogens (tertiary/aromatic N) is 1. The van der Waals surface area contributed by atoms with Crippen LogP contribution >= 0.6 is 0 Å². The number of likely N-dealkylation sites (tertiary alicyclic amines) is 1. The molecule has 0 amide bonds. The van der Waals surface area contributed by atoms with Crippen LogP contribution in [0.2, 0.25) is 0 Å². The minimum atomic E-state index is -0.702. The fraction of sp³-hybridized carbons (Fsp3) is 1.00. The zero-order chi connectivity index (χ0) is 10.6. The van der Waals surface area contributed by atoms with Crippen LogP contribution in [-0.4, -0.2) is 37.8 Å². The maximum atomic E-state index is 13.4. The van der Waals surface area contributed by atoms with E-state index in [0.29, 0.717) is 12.5 Å². The van der Waals surface area contributed by atoms with E-state index >= 15 is 0 Å². The summed E-state index contributed by atoms with van der Waals surface area (Å²) in [7, 11) is 2.13. The molecule has 2 N–H and O–H groups in total. The predicted molar refractivity (Wildman–Crippen MR) is 58.0 cm³/mol. The van der Waals surface area contributed by atoms with E-state index in [4.69, 9.17) is 5.73 Å². The molecule has 0 aromatic rings. The van der Waals surface area contributed by atoms with E-state index in [1.165, 1.54) is 0 Å². The Kier molecular flexibility index (Phi) is 4.82. The third-order valence-corrected chi connectivity index (χ3v) is 3.46. The number of rotatable bonds is 4. The summed E-state index contributed by atoms with van der Waals surface area (Å²) in [5.74, 6) is 0.739. The molecule has 0 aromatic heterocycles. The highest BCUT2D eigenvalue weighted by molar-refractivity contribution is 4.79. The van der Waals surface area contributed by atoms with E-state index < -0.39 is 6.17 Å². The standard InChI is InChI=1S/C11H23FN2/c1-9(12)11(3-6-13)10-4-7-14(2)8-5-10/h9-11H,3-8,13H2,1-2H3. The zero-order valence-corrected chi connectivity index (χ0v) is 9.38. The monoisotopic (exact) mass is 202 g/mol. The van der Waals surface area contributed by atoms with Gasteiger partial charge in [-0.2, -0.15) is 0 Å². The van der Waals surface area contributed by atoms with Crippen molar-refractivity contribution >= 4 is 0 Å². The van der Waals surface area contributed by atoms with Gasteiger partial charge in [-0.1, -0.05) is 0 Å². The molecule has 1 aliphatic rings. The lowest BCUT2D eigenvalue weighted by molar-refractivity contribution is 0.110. The summed E-state index contributed by atoms with van der Waals surface area (Å²) in [4.78, 5) is 2.32. The molecule has 2 atom stereocenters. The van der Waals surface area contributed by atoms with Crippen LogP contribution in [0.4, 0.5) is 4.39 Å². The number of nitrogens with two attached hydrogens (primary N) is 1. The molecular weight excluding hydrogens is 179 g/mol. The van der Waals surface area contributed by atoms with Gasteiger partial charge in [-0.3, -0.25) is 0 Å². The molecule has 2 nitrogen and oxygen atoms in total. The largest absolute Gasteiger partial charge is 0.330 e. The minimum Gasteiger partial charge on any atom is -0.330 e. The molecule has 2 unspecified atom stereocenters. The summed E-state index contributed by atoms with van der Waals surface area (Å²) < 4.78 is 13.4. The molecule has 0 radical (unpaired) electrons. The molecule has 0 bridgehead atoms. The maximum absolute atomic E-state index is 13.4. The topological polar surface area (TPSA) is 29.3 Å². The smallest absolute Gasteiger partial charge is 0.100 e. The normalized spacial score (nSPS) is 24.9. The quantitative estimate of drug-likeness (QED) is 0.751. The second-order valence-corrected chi connectivity index (χ2v) is 4.56. The van der Waals surface area contributed by atoms with E-state index in [2.05, 4.69) is 11.9 Å². The Morgan fingerprint density at radius 3 is 2.43 bits per heavy atom. The lowest BCUT2D eigenvalue weighted by Gasteiger charge is -2.35. The van der Waals surface area contributed by atoms with Gasteiger partial charge < -0.3 is 10.6 Å². The first-order valence-corrected chi connectivity index (χ1v) is 5.67. The first kappa shape index (κ1) is 11.9. The van der Waals surface area contributed by atoms with Gasteiger partial charge >= 0.3 is 0 Å². The van der Waals surface area contributed by atoms with Gasteiger partial charge in [-0.15, -0.1) is 0 Å². The second kappa shape index (κ2) is 5.66. The van der Waals surface area contributed by atoms with Crippen molar-refractivity contribution in [3.63, 3.8) is 0 Å². The third kappa shape index (κ3) is 3.21. The van der Waals surface area contributed by atoms with Crippen molar-refractivity contribution in [2.75, 3.05) is 26.7 Å². The number of halogens is 1. The average Bonchev–Trinajstić information content (AvgIpc) is 2.15. The summed E-state index contributed by atoms with van der Waals surface area (Å²) >= 11 is 0. The Labute approximate surface area is 86.6 Å². The van der Waals surface area contributed by atoms with Gasteiger partial charge in [0.1, 0.15) is 6.17 Å². The fourth-order valence-electron chi connectivity index (χ4n) is 2.49. The van der Waals surface area contributed by atoms with Crippen LogP contribution in [0.1, 0.15) is 26.2 Å². The number of hydrogen-bond acceptors (Lipinski definition) is 2. The van der Waals surface area contributed by atoms with Crippen LogP contribution in [0.15, 0.2) is 0 Å². The lowest BCUT2D eigenvalue weighted by atomic mass is 9.80. The number of hydrogen-bond donors (Lipinski definition) is 1. The van der Waals surface area contributed by atoms with Crippen molar-refractivity contribution in [1.29, 1.82) is 0 Å². The molecule has 0 aliphatic carbocycles. The molecule has 0 saturated carbocycles. The Hall–Kier alpha value is -0.150. The first-order chi connectivity index (χ1) is 6.65. The zero-order valence-electron chi connectivity index (χ0n) is 9.38. The fourth-order valence-corrected chi connectivity index (χ4v) is 2.49. The van der Waals surface area contributed by atoms with E-state index in [0.717, 1.165) is 32.4 Å². The van der Waals surface area contributed by atoms with Crippen molar-refractivity contribution in [3.8, 4) is 0 Å². The summed E-state index contributed by atoms with van der Waals surface area (Å²) in [6.07, 6.45) is 2.41. The highest BCUT2D eigenvalue weighted by atomic mass is 19.1. The van der Waals surface area contributed by atoms with Crippen molar-refractivity contribution in [1.82, 2.24) is 4.90 Å². The van der Waals surface area contributed by atoms with Crippen molar-refractivity contribution in [2.24, 2.45) is 17.6 Å². The van der Waals surface area contributed by atoms with Gasteiger partial charge in [0, 0.05) is 0 Å². The van der Waals surface area contributed by atoms with Gasteiger partial charge in [0.25, 0.3) is 0 Å². The van der Waals surface area contributed by atoms with Gasteiger partial charge in [-0.25, -0.2) is 4.39 Å². The van der Waals surface area contributed by atoms with Crippen LogP contribution in [0.5, 0.6) is 0 Å². The first-order valence-electron chi connectivity index (χ1n) is 5.67. The highest BCUT2D eigenvalue weighted by Crippen LogP contribution is 2.30. The van der Waals surface area contributed by atoms with Crippen LogP contribution in [-0.2, 0) is 0 Å². The third-order valence-electron chi connectivity index (χ3n) is 3.46. The van der Waals surface area contributed by atoms with Crippen LogP contribution in [0.3, 0.4) is 0 Å². The SMILES string of the molecule is CC(F)C(CCN)C1CCN(C)CC1. The predicted octanol–water partition coefficient (Wildman–Crippen LogP) is 1.65. The summed E-state index contributed by atoms with van der Waals surface area (Å²) in [5.41, 5.74) is 5.52. The number of piperidine rings is 1. The molecule has 14 heavy (non-hydrogen) atoms. The summed E-state index contributed by atoms with van der Waals surface area (Å²) in [5, 5.41) is 0. The Morgan fingerprint density at radius 2 is 2.00 bits per heavy atom. The molecular formula is C11H23FN2. The number of alkyl halides is 1. The van der Waals surface area contributed by atoms with Crippen molar-refractivity contribution < 1.29 is 4.39 Å². The molecule has 1 heterocycles. The minimum absolute atomic E-state index is 0.189. The molecule has 1 saturated heterocycles. The molecule has 1 aliphatic heterocycles. The van der Waals surface area contributed by atoms with Crippen LogP contribution in [0, 0.1) is 11.8 Å². The molecule has 3 heteroatoms. The molecule has 0 aromatic carbocycles. The van der Waals surface area contributed by atoms with Crippen molar-refractivity contribution in [3.05, 3.63) is 0 Å². The second-order valence-electron chi connectivity index (χ2n) is 4.56. The van der Waals surface area contributed by atoms with E-state index in [1.54, 1.807) is 6.92 Å². The Bertz CT molecular complexity index is 153. The Balaban J connectivity index is 2.43. The van der Waals surface area contributed by atoms with Crippen molar-refractivity contribution in [2.45, 2.75) is 32.4 Å². The average molecular weight is 202 g/mol. The van der Waals surface area contributed by atoms with Gasteiger partial charge in [-0.05, 0) is 64.7 Å². The van der Waals surface area contributed by atoms with E-state index in [-0.39, 0.29) is 5.92 Å². The molecule has 0 spiro atoms. The van der Waals surface area contributed by atoms with Gasteiger partial charge in [0.2, 0.25) is 0 Å². The summed E-state index contributed by atoms with van der Waals surface area (Å²) in [6, 6.07) is 0. The maximum Gasteiger partial charge on any atom is 0.100 e. The van der Waals surface area contributed by atoms with E-state index in [1.807, 2.05) is 0 Å². The molecule has 1 rings (SSSR count). The molecule has 1 fully saturated rings. The lowest BCUT2D eigenvalue weighted by Crippen LogP contribution is -2.36. The summed E-state index contributed by atoms with van der Waals surface area (Å²) in [6.45, 7) is 4.51. The Morgan fingerprint density at radius 1 is 1.43 bits per heavy atom. The van der Waals surface area contributed by atoms with Gasteiger partial charge in [0.05, 0.1) is 0 Å². The van der Waals surface area contributed by atoms with E-state index in [9.17, 15) is 4.39 Å².